The van der Waals surface area contributed by atoms with Crippen molar-refractivity contribution in [1.82, 2.24) is 14.5 Å². The lowest BCUT2D eigenvalue weighted by molar-refractivity contribution is 0.0348. The van der Waals surface area contributed by atoms with E-state index in [-0.39, 0.29) is 23.3 Å². The number of ether oxygens (including phenoxy) is 2. The van der Waals surface area contributed by atoms with Gasteiger partial charge in [0.25, 0.3) is 5.91 Å². The van der Waals surface area contributed by atoms with Gasteiger partial charge in [-0.25, -0.2) is 13.7 Å². The fourth-order valence-corrected chi connectivity index (χ4v) is 4.01. The largest absolute Gasteiger partial charge is 0.464 e. The van der Waals surface area contributed by atoms with Crippen LogP contribution in [0.1, 0.15) is 33.7 Å². The first-order valence-corrected chi connectivity index (χ1v) is 10.2. The molecule has 2 aromatic heterocycles. The maximum Gasteiger partial charge on any atom is 0.356 e. The fourth-order valence-electron chi connectivity index (χ4n) is 3.76. The first-order chi connectivity index (χ1) is 14.9. The van der Waals surface area contributed by atoms with Crippen LogP contribution in [0.15, 0.2) is 36.4 Å². The minimum absolute atomic E-state index is 0.0195. The predicted octanol–water partition coefficient (Wildman–Crippen LogP) is 3.83. The van der Waals surface area contributed by atoms with Gasteiger partial charge in [0, 0.05) is 25.8 Å². The first kappa shape index (κ1) is 21.3. The van der Waals surface area contributed by atoms with Crippen molar-refractivity contribution in [2.45, 2.75) is 18.9 Å². The second-order valence-corrected chi connectivity index (χ2v) is 7.71. The summed E-state index contributed by atoms with van der Waals surface area (Å²) in [5.41, 5.74) is 1.68. The van der Waals surface area contributed by atoms with E-state index in [1.54, 1.807) is 30.2 Å². The minimum atomic E-state index is -0.594. The lowest BCUT2D eigenvalue weighted by atomic mass is 10.0. The number of fused-ring (bicyclic) bond motifs is 1. The van der Waals surface area contributed by atoms with Crippen molar-refractivity contribution in [1.29, 1.82) is 0 Å². The number of amides is 1. The number of halogens is 2. The Bertz CT molecular complexity index is 1160. The SMILES string of the molecule is COC(=O)c1cc(Cl)c2ccc(-c3ccc(F)c(C(=O)N4CCC(OC)CC4)c3)nn12. The molecule has 0 N–H and O–H groups in total. The number of piperidine rings is 1. The summed E-state index contributed by atoms with van der Waals surface area (Å²) in [4.78, 5) is 26.6. The van der Waals surface area contributed by atoms with Gasteiger partial charge in [-0.3, -0.25) is 4.79 Å². The molecule has 1 aliphatic rings. The molecule has 1 saturated heterocycles. The third-order valence-electron chi connectivity index (χ3n) is 5.52. The number of nitrogens with zero attached hydrogens (tertiary/aromatic N) is 3. The second-order valence-electron chi connectivity index (χ2n) is 7.31. The average Bonchev–Trinajstić information content (AvgIpc) is 3.14. The molecular formula is C22H21ClFN3O4. The number of carbonyl (C=O) groups excluding carboxylic acids is 2. The number of carbonyl (C=O) groups is 2. The van der Waals surface area contributed by atoms with Crippen molar-refractivity contribution < 1.29 is 23.5 Å². The topological polar surface area (TPSA) is 73.1 Å². The zero-order valence-corrected chi connectivity index (χ0v) is 17.9. The van der Waals surface area contributed by atoms with E-state index in [9.17, 15) is 14.0 Å². The lowest BCUT2D eigenvalue weighted by Crippen LogP contribution is -2.40. The van der Waals surface area contributed by atoms with Crippen molar-refractivity contribution in [3.63, 3.8) is 0 Å². The van der Waals surface area contributed by atoms with Crippen molar-refractivity contribution in [2.75, 3.05) is 27.3 Å². The number of aromatic nitrogens is 2. The Balaban J connectivity index is 1.69. The smallest absolute Gasteiger partial charge is 0.356 e. The van der Waals surface area contributed by atoms with Crippen molar-refractivity contribution in [3.8, 4) is 11.3 Å². The normalized spacial score (nSPS) is 14.8. The number of hydrogen-bond acceptors (Lipinski definition) is 5. The van der Waals surface area contributed by atoms with Crippen LogP contribution in [0.5, 0.6) is 0 Å². The van der Waals surface area contributed by atoms with Gasteiger partial charge >= 0.3 is 5.97 Å². The van der Waals surface area contributed by atoms with Crippen LogP contribution < -0.4 is 0 Å². The molecule has 1 fully saturated rings. The van der Waals surface area contributed by atoms with Gasteiger partial charge in [0.1, 0.15) is 5.82 Å². The average molecular weight is 446 g/mol. The number of methoxy groups -OCH3 is 2. The number of esters is 1. The van der Waals surface area contributed by atoms with Crippen molar-refractivity contribution >= 4 is 29.0 Å². The van der Waals surface area contributed by atoms with Gasteiger partial charge in [0.2, 0.25) is 0 Å². The Morgan fingerprint density at radius 2 is 1.87 bits per heavy atom. The highest BCUT2D eigenvalue weighted by Gasteiger charge is 2.26. The van der Waals surface area contributed by atoms with Crippen LogP contribution in [0, 0.1) is 5.82 Å². The summed E-state index contributed by atoms with van der Waals surface area (Å²) in [6.45, 7) is 1.02. The van der Waals surface area contributed by atoms with E-state index in [1.165, 1.54) is 29.8 Å². The predicted molar refractivity (Wildman–Crippen MR) is 113 cm³/mol. The molecule has 9 heteroatoms. The van der Waals surface area contributed by atoms with E-state index in [0.717, 1.165) is 0 Å². The number of likely N-dealkylation sites (tertiary alicyclic amines) is 1. The third kappa shape index (κ3) is 4.00. The Hall–Kier alpha value is -2.97. The van der Waals surface area contributed by atoms with Crippen LogP contribution in [0.25, 0.3) is 16.8 Å². The molecule has 1 aromatic carbocycles. The molecule has 7 nitrogen and oxygen atoms in total. The Labute approximate surface area is 183 Å². The molecule has 162 valence electrons. The molecule has 0 radical (unpaired) electrons. The van der Waals surface area contributed by atoms with Gasteiger partial charge < -0.3 is 14.4 Å². The molecule has 3 aromatic rings. The number of benzene rings is 1. The molecular weight excluding hydrogens is 425 g/mol. The molecule has 0 unspecified atom stereocenters. The van der Waals surface area contributed by atoms with E-state index < -0.39 is 11.8 Å². The van der Waals surface area contributed by atoms with Crippen molar-refractivity contribution in [3.05, 3.63) is 58.5 Å². The summed E-state index contributed by atoms with van der Waals surface area (Å²) in [6, 6.07) is 9.16. The van der Waals surface area contributed by atoms with Crippen LogP contribution in [0.3, 0.4) is 0 Å². The first-order valence-electron chi connectivity index (χ1n) is 9.81. The summed E-state index contributed by atoms with van der Waals surface area (Å²) in [7, 11) is 2.92. The Morgan fingerprint density at radius 3 is 2.55 bits per heavy atom. The maximum atomic E-state index is 14.5. The van der Waals surface area contributed by atoms with Gasteiger partial charge in [-0.2, -0.15) is 5.10 Å². The highest BCUT2D eigenvalue weighted by molar-refractivity contribution is 6.34. The number of rotatable bonds is 4. The van der Waals surface area contributed by atoms with Crippen LogP contribution in [-0.4, -0.2) is 59.8 Å². The molecule has 0 atom stereocenters. The number of hydrogen-bond donors (Lipinski definition) is 0. The molecule has 0 spiro atoms. The summed E-state index contributed by atoms with van der Waals surface area (Å²) < 4.78 is 26.0. The van der Waals surface area contributed by atoms with E-state index >= 15 is 0 Å². The van der Waals surface area contributed by atoms with Crippen LogP contribution >= 0.6 is 11.6 Å². The molecule has 31 heavy (non-hydrogen) atoms. The second kappa shape index (κ2) is 8.64. The van der Waals surface area contributed by atoms with E-state index in [1.807, 2.05) is 0 Å². The van der Waals surface area contributed by atoms with Gasteiger partial charge in [0.15, 0.2) is 5.69 Å². The molecule has 3 heterocycles. The van der Waals surface area contributed by atoms with Crippen LogP contribution in [0.4, 0.5) is 4.39 Å². The highest BCUT2D eigenvalue weighted by Crippen LogP contribution is 2.27. The Morgan fingerprint density at radius 1 is 1.13 bits per heavy atom. The third-order valence-corrected chi connectivity index (χ3v) is 5.82. The van der Waals surface area contributed by atoms with Gasteiger partial charge in [0.05, 0.1) is 35.0 Å². The van der Waals surface area contributed by atoms with Gasteiger partial charge in [-0.1, -0.05) is 11.6 Å². The van der Waals surface area contributed by atoms with Crippen molar-refractivity contribution in [2.24, 2.45) is 0 Å². The summed E-state index contributed by atoms with van der Waals surface area (Å²) >= 11 is 6.19. The van der Waals surface area contributed by atoms with E-state index in [0.29, 0.717) is 47.7 Å². The van der Waals surface area contributed by atoms with Gasteiger partial charge in [-0.05, 0) is 49.2 Å². The molecule has 0 aliphatic carbocycles. The summed E-state index contributed by atoms with van der Waals surface area (Å²) in [5.74, 6) is -1.54. The maximum absolute atomic E-state index is 14.5. The monoisotopic (exact) mass is 445 g/mol. The van der Waals surface area contributed by atoms with Crippen LogP contribution in [-0.2, 0) is 9.47 Å². The van der Waals surface area contributed by atoms with E-state index in [4.69, 9.17) is 21.1 Å². The molecule has 1 aliphatic heterocycles. The zero-order valence-electron chi connectivity index (χ0n) is 17.1. The highest BCUT2D eigenvalue weighted by atomic mass is 35.5. The zero-order chi connectivity index (χ0) is 22.1. The lowest BCUT2D eigenvalue weighted by Gasteiger charge is -2.31. The standard InChI is InChI=1S/C22H21ClFN3O4/c1-30-14-7-9-26(10-8-14)21(28)15-11-13(3-4-17(15)24)18-5-6-19-16(23)12-20(22(29)31-2)27(19)25-18/h3-6,11-12,14H,7-10H2,1-2H3. The molecule has 1 amide bonds. The van der Waals surface area contributed by atoms with Gasteiger partial charge in [-0.15, -0.1) is 0 Å². The molecule has 0 bridgehead atoms. The quantitative estimate of drug-likeness (QED) is 0.571. The molecule has 4 rings (SSSR count). The fraction of sp³-hybridized carbons (Fsp3) is 0.318. The summed E-state index contributed by atoms with van der Waals surface area (Å²) in [6.07, 6.45) is 1.55. The Kier molecular flexibility index (Phi) is 5.93. The minimum Gasteiger partial charge on any atom is -0.464 e. The van der Waals surface area contributed by atoms with Crippen LogP contribution in [0.2, 0.25) is 5.02 Å². The van der Waals surface area contributed by atoms with E-state index in [2.05, 4.69) is 5.10 Å². The molecule has 0 saturated carbocycles. The summed E-state index contributed by atoms with van der Waals surface area (Å²) in [5, 5.41) is 4.82.